The highest BCUT2D eigenvalue weighted by atomic mass is 32.2. The van der Waals surface area contributed by atoms with Gasteiger partial charge in [-0.3, -0.25) is 27.3 Å². The molecule has 10 aromatic rings. The van der Waals surface area contributed by atoms with E-state index >= 15 is 0 Å². The van der Waals surface area contributed by atoms with Crippen LogP contribution in [-0.4, -0.2) is 114 Å². The zero-order valence-corrected chi connectivity index (χ0v) is 50.8. The molecule has 0 aromatic heterocycles. The standard InChI is InChI=1S/C53H36N10O25S6/c64-37-21-33(89(71,72)73)15-25-19-41(93(83,84)85)47(51(68)43(25)37)62-58-29-5-1-27(2-6-29)56-60-45-39(91(77,78)79)17-23-13-31(9-11-35(23)49(45)66)54-53(70)55-32-10-12-36-24(14-32)18-40(92(80,81)82)46(50(36)67)61-57-28-3-7-30(8-4-28)59-63-48-42(94(86,87)88)20-26-16-34(90(74,75)76)22-38(65)44(26)52(48)69/h1-22,64-69H,(H2,54,55,70)(H,71,72,73)(H,74,75,76)(H,77,78,79)(H,80,81,82)(H,83,84,85)(H,86,87,88). The second-order valence-electron chi connectivity index (χ2n) is 19.5. The summed E-state index contributed by atoms with van der Waals surface area (Å²) in [4.78, 5) is 7.49. The van der Waals surface area contributed by atoms with Gasteiger partial charge in [-0.05, 0) is 143 Å². The molecule has 484 valence electrons. The lowest BCUT2D eigenvalue weighted by molar-refractivity contribution is 0.262. The van der Waals surface area contributed by atoms with Crippen molar-refractivity contribution in [3.8, 4) is 34.5 Å². The maximum atomic E-state index is 13.3. The summed E-state index contributed by atoms with van der Waals surface area (Å²) in [6.45, 7) is 0. The van der Waals surface area contributed by atoms with Gasteiger partial charge in [0.05, 0.1) is 43.3 Å². The molecular weight excluding hydrogens is 1370 g/mol. The van der Waals surface area contributed by atoms with Gasteiger partial charge in [0.15, 0.2) is 23.0 Å². The lowest BCUT2D eigenvalue weighted by Crippen LogP contribution is -2.19. The lowest BCUT2D eigenvalue weighted by Gasteiger charge is -2.13. The van der Waals surface area contributed by atoms with Crippen molar-refractivity contribution in [2.24, 2.45) is 40.9 Å². The van der Waals surface area contributed by atoms with Crippen molar-refractivity contribution in [2.45, 2.75) is 29.4 Å². The van der Waals surface area contributed by atoms with Crippen LogP contribution in [0.4, 0.5) is 61.7 Å². The molecule has 0 fully saturated rings. The van der Waals surface area contributed by atoms with Crippen molar-refractivity contribution in [1.82, 2.24) is 0 Å². The van der Waals surface area contributed by atoms with Crippen LogP contribution in [0.3, 0.4) is 0 Å². The number of urea groups is 1. The van der Waals surface area contributed by atoms with Crippen LogP contribution in [0.15, 0.2) is 204 Å². The maximum absolute atomic E-state index is 13.3. The number of benzene rings is 10. The molecule has 0 bridgehead atoms. The quantitative estimate of drug-likeness (QED) is 0.0316. The van der Waals surface area contributed by atoms with Gasteiger partial charge in [-0.2, -0.15) is 71.0 Å². The number of azo groups is 4. The minimum absolute atomic E-state index is 0.0312. The number of amides is 2. The number of hydrogen-bond donors (Lipinski definition) is 14. The summed E-state index contributed by atoms with van der Waals surface area (Å²) in [5.41, 5.74) is -3.64. The van der Waals surface area contributed by atoms with Gasteiger partial charge in [-0.25, -0.2) is 4.79 Å². The Bertz CT molecular complexity index is 5470. The Hall–Kier alpha value is -10.8. The summed E-state index contributed by atoms with van der Waals surface area (Å²) in [5, 5.41) is 98.4. The number of carbonyl (C=O) groups is 1. The number of fused-ring (bicyclic) bond motifs is 4. The number of rotatable bonds is 16. The fraction of sp³-hybridized carbons (Fsp3) is 0. The first-order valence-electron chi connectivity index (χ1n) is 25.2. The third-order valence-electron chi connectivity index (χ3n) is 13.3. The molecule has 94 heavy (non-hydrogen) atoms. The zero-order chi connectivity index (χ0) is 68.5. The summed E-state index contributed by atoms with van der Waals surface area (Å²) in [6.07, 6.45) is 0. The van der Waals surface area contributed by atoms with Crippen molar-refractivity contribution in [2.75, 3.05) is 10.6 Å². The monoisotopic (exact) mass is 1400 g/mol. The van der Waals surface area contributed by atoms with Crippen LogP contribution in [0.2, 0.25) is 0 Å². The Morgan fingerprint density at radius 2 is 0.564 bits per heavy atom. The lowest BCUT2D eigenvalue weighted by atomic mass is 10.1. The summed E-state index contributed by atoms with van der Waals surface area (Å²) >= 11 is 0. The SMILES string of the molecule is O=C(Nc1ccc2c(O)c(N=Nc3ccc(N=Nc4c(S(=O)(=O)O)cc5cc(S(=O)(=O)O)cc(O)c5c4O)cc3)c(S(=O)(=O)O)cc2c1)Nc1ccc2c(O)c(N=Nc3ccc(N=Nc4c(S(=O)(=O)O)cc5cc(S(=O)(=O)O)cc(O)c5c4O)cc3)c(S(=O)(=O)O)cc2c1. The first kappa shape index (κ1) is 66.1. The second kappa shape index (κ2) is 24.0. The molecule has 0 saturated carbocycles. The van der Waals surface area contributed by atoms with Gasteiger partial charge in [0.2, 0.25) is 0 Å². The predicted molar refractivity (Wildman–Crippen MR) is 327 cm³/mol. The highest BCUT2D eigenvalue weighted by Crippen LogP contribution is 2.49. The van der Waals surface area contributed by atoms with Crippen molar-refractivity contribution >= 4 is 167 Å². The van der Waals surface area contributed by atoms with E-state index in [4.69, 9.17) is 0 Å². The number of anilines is 2. The molecule has 14 N–H and O–H groups in total. The normalized spacial score (nSPS) is 13.0. The van der Waals surface area contributed by atoms with Gasteiger partial charge in [0.1, 0.15) is 53.8 Å². The van der Waals surface area contributed by atoms with Crippen LogP contribution < -0.4 is 10.6 Å². The summed E-state index contributed by atoms with van der Waals surface area (Å²) in [5.74, 6) is -5.64. The van der Waals surface area contributed by atoms with E-state index in [1.54, 1.807) is 0 Å². The number of nitrogens with one attached hydrogen (secondary N) is 2. The first-order chi connectivity index (χ1) is 43.7. The molecule has 2 amide bonds. The Morgan fingerprint density at radius 3 is 0.830 bits per heavy atom. The number of phenolic OH excluding ortho intramolecular Hbond substituents is 6. The van der Waals surface area contributed by atoms with Gasteiger partial charge < -0.3 is 41.3 Å². The molecule has 0 saturated heterocycles. The molecule has 0 atom stereocenters. The van der Waals surface area contributed by atoms with E-state index in [1.807, 2.05) is 0 Å². The van der Waals surface area contributed by atoms with E-state index in [2.05, 4.69) is 51.5 Å². The fourth-order valence-electron chi connectivity index (χ4n) is 9.10. The minimum Gasteiger partial charge on any atom is -0.507 e. The van der Waals surface area contributed by atoms with Gasteiger partial charge in [0, 0.05) is 34.3 Å². The molecule has 0 aliphatic carbocycles. The van der Waals surface area contributed by atoms with E-state index < -0.39 is 175 Å². The molecule has 0 aliphatic rings. The third kappa shape index (κ3) is 13.7. The highest BCUT2D eigenvalue weighted by molar-refractivity contribution is 7.87. The number of hydrogen-bond acceptors (Lipinski definition) is 27. The van der Waals surface area contributed by atoms with Crippen molar-refractivity contribution in [3.63, 3.8) is 0 Å². The van der Waals surface area contributed by atoms with Crippen LogP contribution in [0.25, 0.3) is 43.1 Å². The Kier molecular flexibility index (Phi) is 16.9. The topological polar surface area (TPSA) is 588 Å². The molecule has 0 unspecified atom stereocenters. The Morgan fingerprint density at radius 1 is 0.298 bits per heavy atom. The molecule has 10 aromatic carbocycles. The van der Waals surface area contributed by atoms with Gasteiger partial charge in [-0.1, -0.05) is 0 Å². The van der Waals surface area contributed by atoms with Crippen LogP contribution in [0.1, 0.15) is 0 Å². The predicted octanol–water partition coefficient (Wildman–Crippen LogP) is 11.3. The average molecular weight is 1410 g/mol. The molecule has 0 spiro atoms. The number of carbonyl (C=O) groups excluding carboxylic acids is 1. The van der Waals surface area contributed by atoms with E-state index in [1.165, 1.54) is 84.9 Å². The first-order valence-corrected chi connectivity index (χ1v) is 33.8. The van der Waals surface area contributed by atoms with E-state index in [0.29, 0.717) is 36.4 Å². The summed E-state index contributed by atoms with van der Waals surface area (Å²) in [7, 11) is -30.7. The van der Waals surface area contributed by atoms with Gasteiger partial charge >= 0.3 is 6.03 Å². The second-order valence-corrected chi connectivity index (χ2v) is 27.9. The molecule has 41 heteroatoms. The molecule has 35 nitrogen and oxygen atoms in total. The maximum Gasteiger partial charge on any atom is 0.323 e. The smallest absolute Gasteiger partial charge is 0.323 e. The van der Waals surface area contributed by atoms with Crippen LogP contribution in [0, 0.1) is 0 Å². The fourth-order valence-corrected chi connectivity index (χ4v) is 12.8. The van der Waals surface area contributed by atoms with E-state index in [9.17, 15) is 113 Å². The van der Waals surface area contributed by atoms with Gasteiger partial charge in [-0.15, -0.1) is 20.5 Å². The van der Waals surface area contributed by atoms with Gasteiger partial charge in [0.25, 0.3) is 60.7 Å². The average Bonchev–Trinajstić information content (AvgIpc) is 0.774. The van der Waals surface area contributed by atoms with Crippen molar-refractivity contribution in [1.29, 1.82) is 0 Å². The number of phenols is 6. The number of nitrogens with zero attached hydrogens (tertiary/aromatic N) is 8. The molecule has 0 radical (unpaired) electrons. The van der Waals surface area contributed by atoms with Crippen LogP contribution in [-0.2, 0) is 60.7 Å². The van der Waals surface area contributed by atoms with E-state index in [0.717, 1.165) is 12.1 Å². The third-order valence-corrected chi connectivity index (χ3v) is 18.4. The Balaban J connectivity index is 0.841. The van der Waals surface area contributed by atoms with Crippen molar-refractivity contribution < 1.29 is 113 Å². The van der Waals surface area contributed by atoms with Crippen LogP contribution in [0.5, 0.6) is 34.5 Å². The van der Waals surface area contributed by atoms with Crippen molar-refractivity contribution in [3.05, 3.63) is 133 Å². The molecule has 0 heterocycles. The van der Waals surface area contributed by atoms with E-state index in [-0.39, 0.29) is 55.7 Å². The molecular formula is C53H36N10O25S6. The minimum atomic E-state index is -5.22. The summed E-state index contributed by atoms with van der Waals surface area (Å²) in [6, 6.07) is 21.7. The largest absolute Gasteiger partial charge is 0.507 e. The molecule has 0 aliphatic heterocycles. The Labute approximate surface area is 525 Å². The van der Waals surface area contributed by atoms with Crippen LogP contribution >= 0.6 is 0 Å². The highest BCUT2D eigenvalue weighted by Gasteiger charge is 2.29. The summed E-state index contributed by atoms with van der Waals surface area (Å²) < 4.78 is 206. The number of aromatic hydroxyl groups is 6. The molecule has 10 rings (SSSR count). The zero-order valence-electron chi connectivity index (χ0n) is 45.9.